The van der Waals surface area contributed by atoms with Gasteiger partial charge in [-0.15, -0.1) is 0 Å². The Kier molecular flexibility index (Phi) is 5.85. The van der Waals surface area contributed by atoms with Crippen molar-refractivity contribution in [2.75, 3.05) is 7.05 Å². The minimum atomic E-state index is -4.26. The van der Waals surface area contributed by atoms with Crippen molar-refractivity contribution in [3.05, 3.63) is 35.4 Å². The van der Waals surface area contributed by atoms with Crippen LogP contribution in [0, 0.1) is 11.3 Å². The van der Waals surface area contributed by atoms with E-state index in [0.717, 1.165) is 30.5 Å². The number of halogens is 3. The Morgan fingerprint density at radius 1 is 1.05 bits per heavy atom. The zero-order valence-corrected chi connectivity index (χ0v) is 13.5. The van der Waals surface area contributed by atoms with E-state index in [1.54, 1.807) is 12.1 Å². The first-order valence-electron chi connectivity index (χ1n) is 7.37. The molecule has 0 radical (unpaired) electrons. The molecule has 21 heavy (non-hydrogen) atoms. The SMILES string of the molecule is CNC(Cc1ccc(C(F)(F)F)cc1)CC(C)C(C)(C)C. The van der Waals surface area contributed by atoms with Gasteiger partial charge in [-0.2, -0.15) is 13.2 Å². The first kappa shape index (κ1) is 18.0. The van der Waals surface area contributed by atoms with Crippen LogP contribution in [-0.4, -0.2) is 13.1 Å². The van der Waals surface area contributed by atoms with E-state index < -0.39 is 11.7 Å². The van der Waals surface area contributed by atoms with E-state index in [1.165, 1.54) is 0 Å². The largest absolute Gasteiger partial charge is 0.416 e. The summed E-state index contributed by atoms with van der Waals surface area (Å²) in [6.45, 7) is 8.85. The highest BCUT2D eigenvalue weighted by Crippen LogP contribution is 2.31. The van der Waals surface area contributed by atoms with Crippen molar-refractivity contribution in [3.8, 4) is 0 Å². The van der Waals surface area contributed by atoms with Crippen LogP contribution in [0.15, 0.2) is 24.3 Å². The van der Waals surface area contributed by atoms with E-state index in [-0.39, 0.29) is 11.5 Å². The van der Waals surface area contributed by atoms with Crippen LogP contribution in [0.1, 0.15) is 45.2 Å². The maximum atomic E-state index is 12.5. The number of rotatable bonds is 5. The molecule has 0 aliphatic carbocycles. The molecule has 0 aliphatic heterocycles. The van der Waals surface area contributed by atoms with Crippen molar-refractivity contribution in [1.29, 1.82) is 0 Å². The summed E-state index contributed by atoms with van der Waals surface area (Å²) >= 11 is 0. The van der Waals surface area contributed by atoms with Gasteiger partial charge < -0.3 is 5.32 Å². The highest BCUT2D eigenvalue weighted by atomic mass is 19.4. The highest BCUT2D eigenvalue weighted by molar-refractivity contribution is 5.25. The summed E-state index contributed by atoms with van der Waals surface area (Å²) in [5.41, 5.74) is 0.577. The smallest absolute Gasteiger partial charge is 0.317 e. The van der Waals surface area contributed by atoms with Crippen molar-refractivity contribution in [3.63, 3.8) is 0 Å². The van der Waals surface area contributed by atoms with E-state index in [1.807, 2.05) is 7.05 Å². The first-order valence-corrected chi connectivity index (χ1v) is 7.37. The molecule has 0 amide bonds. The van der Waals surface area contributed by atoms with Crippen LogP contribution in [0.2, 0.25) is 0 Å². The fraction of sp³-hybridized carbons (Fsp3) is 0.647. The predicted molar refractivity (Wildman–Crippen MR) is 81.2 cm³/mol. The third-order valence-electron chi connectivity index (χ3n) is 4.29. The van der Waals surface area contributed by atoms with E-state index in [9.17, 15) is 13.2 Å². The van der Waals surface area contributed by atoms with Gasteiger partial charge in [-0.3, -0.25) is 0 Å². The molecule has 1 rings (SSSR count). The molecule has 0 spiro atoms. The molecule has 1 nitrogen and oxygen atoms in total. The third-order valence-corrected chi connectivity index (χ3v) is 4.29. The van der Waals surface area contributed by atoms with Gasteiger partial charge in [0.2, 0.25) is 0 Å². The van der Waals surface area contributed by atoms with Gasteiger partial charge in [-0.25, -0.2) is 0 Å². The lowest BCUT2D eigenvalue weighted by Crippen LogP contribution is -2.33. The van der Waals surface area contributed by atoms with E-state index in [0.29, 0.717) is 5.92 Å². The van der Waals surface area contributed by atoms with Gasteiger partial charge in [0.1, 0.15) is 0 Å². The second-order valence-electron chi connectivity index (χ2n) is 6.89. The summed E-state index contributed by atoms with van der Waals surface area (Å²) in [5.74, 6) is 0.532. The number of hydrogen-bond acceptors (Lipinski definition) is 1. The molecular weight excluding hydrogens is 275 g/mol. The molecule has 0 saturated heterocycles. The van der Waals surface area contributed by atoms with Crippen LogP contribution >= 0.6 is 0 Å². The van der Waals surface area contributed by atoms with Gasteiger partial charge >= 0.3 is 6.18 Å². The molecule has 0 fully saturated rings. The van der Waals surface area contributed by atoms with Crippen LogP contribution in [0.3, 0.4) is 0 Å². The second kappa shape index (κ2) is 6.82. The van der Waals surface area contributed by atoms with Crippen LogP contribution in [0.25, 0.3) is 0 Å². The normalized spacial score (nSPS) is 15.8. The van der Waals surface area contributed by atoms with E-state index in [4.69, 9.17) is 0 Å². The Morgan fingerprint density at radius 3 is 1.95 bits per heavy atom. The van der Waals surface area contributed by atoms with E-state index in [2.05, 4.69) is 33.0 Å². The number of hydrogen-bond donors (Lipinski definition) is 1. The van der Waals surface area contributed by atoms with Crippen molar-refractivity contribution in [2.24, 2.45) is 11.3 Å². The second-order valence-corrected chi connectivity index (χ2v) is 6.89. The fourth-order valence-electron chi connectivity index (χ4n) is 2.20. The van der Waals surface area contributed by atoms with Gasteiger partial charge in [0, 0.05) is 6.04 Å². The summed E-state index contributed by atoms with van der Waals surface area (Å²) in [5, 5.41) is 3.28. The topological polar surface area (TPSA) is 12.0 Å². The Morgan fingerprint density at radius 2 is 1.57 bits per heavy atom. The maximum Gasteiger partial charge on any atom is 0.416 e. The van der Waals surface area contributed by atoms with Gasteiger partial charge in [0.15, 0.2) is 0 Å². The lowest BCUT2D eigenvalue weighted by atomic mass is 9.78. The van der Waals surface area contributed by atoms with Crippen LogP contribution in [0.5, 0.6) is 0 Å². The van der Waals surface area contributed by atoms with Gasteiger partial charge in [-0.05, 0) is 48.9 Å². The molecule has 1 aromatic carbocycles. The summed E-state index contributed by atoms with van der Waals surface area (Å²) in [6.07, 6.45) is -2.52. The van der Waals surface area contributed by atoms with Crippen molar-refractivity contribution < 1.29 is 13.2 Å². The molecule has 120 valence electrons. The molecule has 2 unspecified atom stereocenters. The van der Waals surface area contributed by atoms with Gasteiger partial charge in [0.25, 0.3) is 0 Å². The molecule has 2 atom stereocenters. The number of nitrogens with one attached hydrogen (secondary N) is 1. The minimum Gasteiger partial charge on any atom is -0.317 e. The minimum absolute atomic E-state index is 0.231. The Bertz CT molecular complexity index is 429. The molecule has 0 aromatic heterocycles. The van der Waals surface area contributed by atoms with Gasteiger partial charge in [-0.1, -0.05) is 39.8 Å². The molecule has 1 aromatic rings. The molecule has 0 bridgehead atoms. The van der Waals surface area contributed by atoms with Crippen LogP contribution in [-0.2, 0) is 12.6 Å². The summed E-state index contributed by atoms with van der Waals surface area (Å²) in [6, 6.07) is 5.75. The summed E-state index contributed by atoms with van der Waals surface area (Å²) in [4.78, 5) is 0. The van der Waals surface area contributed by atoms with Crippen LogP contribution in [0.4, 0.5) is 13.2 Å². The average molecular weight is 301 g/mol. The Hall–Kier alpha value is -1.03. The molecule has 1 N–H and O–H groups in total. The lowest BCUT2D eigenvalue weighted by Gasteiger charge is -2.30. The lowest BCUT2D eigenvalue weighted by molar-refractivity contribution is -0.137. The standard InChI is InChI=1S/C17H26F3N/c1-12(16(2,3)4)10-15(21-5)11-13-6-8-14(9-7-13)17(18,19)20/h6-9,12,15,21H,10-11H2,1-5H3. The van der Waals surface area contributed by atoms with Crippen LogP contribution < -0.4 is 5.32 Å². The fourth-order valence-corrected chi connectivity index (χ4v) is 2.20. The Balaban J connectivity index is 2.70. The number of likely N-dealkylation sites (N-methyl/N-ethyl adjacent to an activating group) is 1. The van der Waals surface area contributed by atoms with Crippen molar-refractivity contribution >= 4 is 0 Å². The highest BCUT2D eigenvalue weighted by Gasteiger charge is 2.30. The third kappa shape index (κ3) is 5.70. The monoisotopic (exact) mass is 301 g/mol. The molecule has 0 aliphatic rings. The average Bonchev–Trinajstić information content (AvgIpc) is 2.36. The van der Waals surface area contributed by atoms with Crippen molar-refractivity contribution in [1.82, 2.24) is 5.32 Å². The zero-order valence-electron chi connectivity index (χ0n) is 13.5. The Labute approximate surface area is 125 Å². The summed E-state index contributed by atoms with van der Waals surface area (Å²) < 4.78 is 37.6. The number of benzene rings is 1. The summed E-state index contributed by atoms with van der Waals surface area (Å²) in [7, 11) is 1.91. The predicted octanol–water partition coefficient (Wildman–Crippen LogP) is 4.91. The first-order chi connectivity index (χ1) is 9.54. The maximum absolute atomic E-state index is 12.5. The molecule has 4 heteroatoms. The number of alkyl halides is 3. The molecular formula is C17H26F3N. The zero-order chi connectivity index (χ0) is 16.3. The van der Waals surface area contributed by atoms with E-state index >= 15 is 0 Å². The molecule has 0 heterocycles. The van der Waals surface area contributed by atoms with Crippen molar-refractivity contribution in [2.45, 2.75) is 52.8 Å². The quantitative estimate of drug-likeness (QED) is 0.815. The molecule has 0 saturated carbocycles. The van der Waals surface area contributed by atoms with Gasteiger partial charge in [0.05, 0.1) is 5.56 Å².